The first-order chi connectivity index (χ1) is 14.7. The van der Waals surface area contributed by atoms with Crippen LogP contribution >= 0.6 is 0 Å². The van der Waals surface area contributed by atoms with Gasteiger partial charge in [0.05, 0.1) is 12.4 Å². The summed E-state index contributed by atoms with van der Waals surface area (Å²) in [6.45, 7) is 0. The molecule has 5 rings (SSSR count). The molecule has 7 heteroatoms. The minimum Gasteiger partial charge on any atom is -0.351 e. The molecule has 0 aromatic carbocycles. The van der Waals surface area contributed by atoms with E-state index in [9.17, 15) is 4.39 Å². The second kappa shape index (κ2) is 8.61. The maximum Gasteiger partial charge on any atom is 0.223 e. The van der Waals surface area contributed by atoms with Crippen molar-refractivity contribution in [1.82, 2.24) is 25.1 Å². The maximum absolute atomic E-state index is 14.6. The van der Waals surface area contributed by atoms with Crippen molar-refractivity contribution in [2.45, 2.75) is 88.8 Å². The fraction of sp³-hybridized carbons (Fsp3) is 0.696. The van der Waals surface area contributed by atoms with Crippen LogP contribution in [-0.4, -0.2) is 37.9 Å². The molecule has 3 aliphatic carbocycles. The van der Waals surface area contributed by atoms with Crippen LogP contribution in [0.25, 0.3) is 11.3 Å². The number of aromatic nitrogens is 4. The standard InChI is InChI=1S/C23H33FN6/c1-30-21(12-15-6-7-15)19(13-26-30)22-20(24)14-25-23(29-22)28-18-10-8-17(9-11-18)27-16-4-2-3-5-16/h13-18,27H,2-12H2,1H3,(H,25,28,29). The number of anilines is 1. The minimum absolute atomic E-state index is 0.352. The highest BCUT2D eigenvalue weighted by Gasteiger charge is 2.27. The third kappa shape index (κ3) is 4.51. The lowest BCUT2D eigenvalue weighted by Gasteiger charge is -2.31. The van der Waals surface area contributed by atoms with E-state index in [0.717, 1.165) is 36.6 Å². The third-order valence-electron chi connectivity index (χ3n) is 7.13. The predicted octanol–water partition coefficient (Wildman–Crippen LogP) is 4.22. The summed E-state index contributed by atoms with van der Waals surface area (Å²) in [6, 6.07) is 1.72. The van der Waals surface area contributed by atoms with E-state index in [1.807, 2.05) is 11.7 Å². The molecule has 2 heterocycles. The van der Waals surface area contributed by atoms with Gasteiger partial charge in [-0.3, -0.25) is 4.68 Å². The molecule has 0 amide bonds. The highest BCUT2D eigenvalue weighted by molar-refractivity contribution is 5.63. The van der Waals surface area contributed by atoms with Gasteiger partial charge in [-0.15, -0.1) is 0 Å². The van der Waals surface area contributed by atoms with Crippen molar-refractivity contribution < 1.29 is 4.39 Å². The molecule has 0 aliphatic heterocycles. The van der Waals surface area contributed by atoms with Crippen molar-refractivity contribution in [1.29, 1.82) is 0 Å². The normalized spacial score (nSPS) is 25.0. The summed E-state index contributed by atoms with van der Waals surface area (Å²) in [6.07, 6.45) is 16.4. The molecule has 3 fully saturated rings. The maximum atomic E-state index is 14.6. The van der Waals surface area contributed by atoms with E-state index in [1.54, 1.807) is 6.20 Å². The highest BCUT2D eigenvalue weighted by Crippen LogP contribution is 2.36. The number of aryl methyl sites for hydroxylation is 1. The van der Waals surface area contributed by atoms with Gasteiger partial charge in [0, 0.05) is 36.4 Å². The van der Waals surface area contributed by atoms with Crippen molar-refractivity contribution in [3.8, 4) is 11.3 Å². The number of hydrogen-bond acceptors (Lipinski definition) is 5. The van der Waals surface area contributed by atoms with Crippen LogP contribution in [0.5, 0.6) is 0 Å². The average Bonchev–Trinajstić information content (AvgIpc) is 3.29. The van der Waals surface area contributed by atoms with E-state index in [1.165, 1.54) is 57.6 Å². The number of nitrogens with one attached hydrogen (secondary N) is 2. The van der Waals surface area contributed by atoms with Crippen LogP contribution < -0.4 is 10.6 Å². The lowest BCUT2D eigenvalue weighted by Crippen LogP contribution is -2.41. The molecule has 162 valence electrons. The molecule has 0 spiro atoms. The monoisotopic (exact) mass is 412 g/mol. The summed E-state index contributed by atoms with van der Waals surface area (Å²) in [5, 5.41) is 11.7. The van der Waals surface area contributed by atoms with Crippen molar-refractivity contribution in [3.05, 3.63) is 23.9 Å². The molecule has 3 aliphatic rings. The zero-order valence-electron chi connectivity index (χ0n) is 17.9. The molecular weight excluding hydrogens is 379 g/mol. The molecule has 2 aromatic heterocycles. The number of rotatable bonds is 7. The Morgan fingerprint density at radius 2 is 1.67 bits per heavy atom. The molecule has 3 saturated carbocycles. The average molecular weight is 413 g/mol. The zero-order chi connectivity index (χ0) is 20.5. The van der Waals surface area contributed by atoms with E-state index < -0.39 is 0 Å². The quantitative estimate of drug-likeness (QED) is 0.713. The summed E-state index contributed by atoms with van der Waals surface area (Å²) < 4.78 is 16.5. The van der Waals surface area contributed by atoms with E-state index in [4.69, 9.17) is 0 Å². The van der Waals surface area contributed by atoms with Gasteiger partial charge in [0.2, 0.25) is 5.95 Å². The number of hydrogen-bond donors (Lipinski definition) is 2. The second-order valence-corrected chi connectivity index (χ2v) is 9.51. The van der Waals surface area contributed by atoms with Gasteiger partial charge in [0.1, 0.15) is 5.69 Å². The third-order valence-corrected chi connectivity index (χ3v) is 7.13. The van der Waals surface area contributed by atoms with Crippen LogP contribution in [0.2, 0.25) is 0 Å². The number of halogens is 1. The fourth-order valence-electron chi connectivity index (χ4n) is 5.14. The molecular formula is C23H33FN6. The SMILES string of the molecule is Cn1ncc(-c2nc(NC3CCC(NC4CCCC4)CC3)ncc2F)c1CC1CC1. The van der Waals surface area contributed by atoms with Crippen LogP contribution in [0.3, 0.4) is 0 Å². The molecule has 6 nitrogen and oxygen atoms in total. The van der Waals surface area contributed by atoms with Crippen LogP contribution in [0, 0.1) is 11.7 Å². The van der Waals surface area contributed by atoms with Crippen LogP contribution in [-0.2, 0) is 13.5 Å². The van der Waals surface area contributed by atoms with Gasteiger partial charge in [0.15, 0.2) is 5.82 Å². The summed E-state index contributed by atoms with van der Waals surface area (Å²) in [7, 11) is 1.93. The molecule has 0 atom stereocenters. The van der Waals surface area contributed by atoms with Crippen LogP contribution in [0.4, 0.5) is 10.3 Å². The zero-order valence-corrected chi connectivity index (χ0v) is 17.9. The Balaban J connectivity index is 1.23. The van der Waals surface area contributed by atoms with E-state index in [-0.39, 0.29) is 5.82 Å². The van der Waals surface area contributed by atoms with Gasteiger partial charge in [-0.1, -0.05) is 12.8 Å². The van der Waals surface area contributed by atoms with Gasteiger partial charge in [-0.2, -0.15) is 5.10 Å². The van der Waals surface area contributed by atoms with Gasteiger partial charge < -0.3 is 10.6 Å². The van der Waals surface area contributed by atoms with Gasteiger partial charge >= 0.3 is 0 Å². The van der Waals surface area contributed by atoms with Crippen LogP contribution in [0.1, 0.15) is 69.9 Å². The second-order valence-electron chi connectivity index (χ2n) is 9.51. The lowest BCUT2D eigenvalue weighted by molar-refractivity contribution is 0.322. The Hall–Kier alpha value is -2.02. The largest absolute Gasteiger partial charge is 0.351 e. The summed E-state index contributed by atoms with van der Waals surface area (Å²) >= 11 is 0. The summed E-state index contributed by atoms with van der Waals surface area (Å²) in [5.74, 6) is 0.851. The van der Waals surface area contributed by atoms with E-state index in [2.05, 4.69) is 25.7 Å². The Bertz CT molecular complexity index is 863. The Labute approximate surface area is 178 Å². The Morgan fingerprint density at radius 3 is 2.40 bits per heavy atom. The van der Waals surface area contributed by atoms with Crippen molar-refractivity contribution in [2.24, 2.45) is 13.0 Å². The Kier molecular flexibility index (Phi) is 5.72. The molecule has 0 bridgehead atoms. The first kappa shape index (κ1) is 19.9. The molecule has 0 saturated heterocycles. The van der Waals surface area contributed by atoms with Gasteiger partial charge in [-0.05, 0) is 63.7 Å². The smallest absolute Gasteiger partial charge is 0.223 e. The first-order valence-electron chi connectivity index (χ1n) is 11.7. The predicted molar refractivity (Wildman–Crippen MR) is 116 cm³/mol. The van der Waals surface area contributed by atoms with Gasteiger partial charge in [-0.25, -0.2) is 14.4 Å². The topological polar surface area (TPSA) is 67.7 Å². The molecule has 30 heavy (non-hydrogen) atoms. The molecule has 2 N–H and O–H groups in total. The number of nitrogens with zero attached hydrogens (tertiary/aromatic N) is 4. The summed E-state index contributed by atoms with van der Waals surface area (Å²) in [5.41, 5.74) is 2.24. The van der Waals surface area contributed by atoms with E-state index in [0.29, 0.717) is 29.6 Å². The Morgan fingerprint density at radius 1 is 0.967 bits per heavy atom. The van der Waals surface area contributed by atoms with E-state index >= 15 is 0 Å². The molecule has 0 radical (unpaired) electrons. The minimum atomic E-state index is -0.380. The van der Waals surface area contributed by atoms with Crippen LogP contribution in [0.15, 0.2) is 12.4 Å². The van der Waals surface area contributed by atoms with Gasteiger partial charge in [0.25, 0.3) is 0 Å². The molecule has 2 aromatic rings. The van der Waals surface area contributed by atoms with Crippen molar-refractivity contribution in [2.75, 3.05) is 5.32 Å². The highest BCUT2D eigenvalue weighted by atomic mass is 19.1. The van der Waals surface area contributed by atoms with Crippen molar-refractivity contribution in [3.63, 3.8) is 0 Å². The summed E-state index contributed by atoms with van der Waals surface area (Å²) in [4.78, 5) is 8.80. The first-order valence-corrected chi connectivity index (χ1v) is 11.7. The fourth-order valence-corrected chi connectivity index (χ4v) is 5.14. The molecule has 0 unspecified atom stereocenters. The lowest BCUT2D eigenvalue weighted by atomic mass is 9.90. The van der Waals surface area contributed by atoms with Crippen molar-refractivity contribution >= 4 is 5.95 Å².